The van der Waals surface area contributed by atoms with Gasteiger partial charge in [-0.3, -0.25) is 9.59 Å². The van der Waals surface area contributed by atoms with Crippen LogP contribution in [-0.2, 0) is 14.3 Å². The summed E-state index contributed by atoms with van der Waals surface area (Å²) in [6.45, 7) is 0.0686. The topological polar surface area (TPSA) is 113 Å². The third-order valence-electron chi connectivity index (χ3n) is 2.77. The van der Waals surface area contributed by atoms with Gasteiger partial charge in [0.25, 0.3) is 0 Å². The Morgan fingerprint density at radius 3 is 2.53 bits per heavy atom. The number of ether oxygens (including phenoxy) is 1. The Morgan fingerprint density at radius 1 is 1.37 bits per heavy atom. The van der Waals surface area contributed by atoms with Crippen LogP contribution in [-0.4, -0.2) is 72.2 Å². The number of hydrogen-bond donors (Lipinski definition) is 2. The molecule has 3 N–H and O–H groups in total. The number of nitrogens with zero attached hydrogens (tertiary/aromatic N) is 2. The molecule has 0 aromatic carbocycles. The highest BCUT2D eigenvalue weighted by atomic mass is 16.5. The van der Waals surface area contributed by atoms with Crippen LogP contribution in [0.5, 0.6) is 0 Å². The minimum Gasteiger partial charge on any atom is -0.480 e. The Morgan fingerprint density at radius 2 is 2.05 bits per heavy atom. The average Bonchev–Trinajstić information content (AvgIpc) is 2.78. The molecule has 8 heteroatoms. The number of carbonyl (C=O) groups excluding carboxylic acids is 2. The maximum absolute atomic E-state index is 12.0. The molecule has 1 unspecified atom stereocenters. The molecule has 1 atom stereocenters. The summed E-state index contributed by atoms with van der Waals surface area (Å²) < 4.78 is 5.40. The van der Waals surface area contributed by atoms with E-state index in [1.807, 2.05) is 0 Å². The standard InChI is InChI=1S/C11H19N3O5/c1-13(5-8-3-2-4-19-8)11(18)14(6-9(12)15)7-10(16)17/h8H,2-7H2,1H3,(H2,12,15)(H,16,17). The van der Waals surface area contributed by atoms with Crippen LogP contribution in [0.1, 0.15) is 12.8 Å². The lowest BCUT2D eigenvalue weighted by molar-refractivity contribution is -0.138. The number of likely N-dealkylation sites (N-methyl/N-ethyl adjacent to an activating group) is 1. The summed E-state index contributed by atoms with van der Waals surface area (Å²) in [6.07, 6.45) is 1.79. The van der Waals surface area contributed by atoms with Gasteiger partial charge < -0.3 is 25.4 Å². The molecule has 1 fully saturated rings. The summed E-state index contributed by atoms with van der Waals surface area (Å²) in [7, 11) is 1.54. The van der Waals surface area contributed by atoms with Crippen LogP contribution in [0.25, 0.3) is 0 Å². The summed E-state index contributed by atoms with van der Waals surface area (Å²) in [5.41, 5.74) is 5.00. The molecule has 1 saturated heterocycles. The third kappa shape index (κ3) is 5.12. The van der Waals surface area contributed by atoms with E-state index in [4.69, 9.17) is 15.6 Å². The molecule has 3 amide bonds. The molecule has 0 saturated carbocycles. The van der Waals surface area contributed by atoms with E-state index < -0.39 is 31.0 Å². The normalized spacial score (nSPS) is 18.1. The molecule has 8 nitrogen and oxygen atoms in total. The highest BCUT2D eigenvalue weighted by molar-refractivity contribution is 5.85. The lowest BCUT2D eigenvalue weighted by atomic mass is 10.2. The minimum atomic E-state index is -1.19. The summed E-state index contributed by atoms with van der Waals surface area (Å²) in [4.78, 5) is 35.8. The zero-order chi connectivity index (χ0) is 14.4. The molecule has 1 aliphatic heterocycles. The van der Waals surface area contributed by atoms with E-state index in [0.717, 1.165) is 17.7 Å². The monoisotopic (exact) mass is 273 g/mol. The number of carboxylic acid groups (broad SMARTS) is 1. The smallest absolute Gasteiger partial charge is 0.323 e. The molecule has 1 rings (SSSR count). The summed E-state index contributed by atoms with van der Waals surface area (Å²) in [6, 6.07) is -0.545. The summed E-state index contributed by atoms with van der Waals surface area (Å²) in [5.74, 6) is -1.94. The van der Waals surface area contributed by atoms with Crippen molar-refractivity contribution in [2.24, 2.45) is 5.73 Å². The largest absolute Gasteiger partial charge is 0.480 e. The number of aliphatic carboxylic acids is 1. The van der Waals surface area contributed by atoms with Crippen molar-refractivity contribution >= 4 is 17.9 Å². The Labute approximate surface area is 111 Å². The van der Waals surface area contributed by atoms with Gasteiger partial charge in [-0.05, 0) is 12.8 Å². The third-order valence-corrected chi connectivity index (χ3v) is 2.77. The van der Waals surface area contributed by atoms with Crippen LogP contribution in [0.2, 0.25) is 0 Å². The summed E-state index contributed by atoms with van der Waals surface area (Å²) in [5, 5.41) is 8.72. The number of carboxylic acids is 1. The molecule has 0 aromatic heterocycles. The van der Waals surface area contributed by atoms with Crippen LogP contribution in [0.4, 0.5) is 4.79 Å². The van der Waals surface area contributed by atoms with Gasteiger partial charge in [-0.2, -0.15) is 0 Å². The number of rotatable bonds is 6. The highest BCUT2D eigenvalue weighted by Gasteiger charge is 2.25. The van der Waals surface area contributed by atoms with Crippen LogP contribution >= 0.6 is 0 Å². The maximum Gasteiger partial charge on any atom is 0.323 e. The second-order valence-corrected chi connectivity index (χ2v) is 4.51. The van der Waals surface area contributed by atoms with Crippen molar-refractivity contribution in [2.75, 3.05) is 33.3 Å². The molecule has 1 heterocycles. The molecule has 0 aromatic rings. The van der Waals surface area contributed by atoms with Gasteiger partial charge in [0.2, 0.25) is 5.91 Å². The first-order chi connectivity index (χ1) is 8.90. The van der Waals surface area contributed by atoms with Crippen LogP contribution in [0.15, 0.2) is 0 Å². The second kappa shape index (κ2) is 6.93. The number of nitrogens with two attached hydrogens (primary N) is 1. The van der Waals surface area contributed by atoms with Gasteiger partial charge in [-0.15, -0.1) is 0 Å². The van der Waals surface area contributed by atoms with E-state index in [0.29, 0.717) is 13.2 Å². The zero-order valence-corrected chi connectivity index (χ0v) is 10.9. The lowest BCUT2D eigenvalue weighted by Crippen LogP contribution is -2.48. The van der Waals surface area contributed by atoms with Gasteiger partial charge in [-0.1, -0.05) is 0 Å². The number of primary amides is 1. The van der Waals surface area contributed by atoms with Crippen molar-refractivity contribution in [1.82, 2.24) is 9.80 Å². The lowest BCUT2D eigenvalue weighted by Gasteiger charge is -2.27. The second-order valence-electron chi connectivity index (χ2n) is 4.51. The first-order valence-electron chi connectivity index (χ1n) is 6.02. The Bertz CT molecular complexity index is 338. The van der Waals surface area contributed by atoms with Gasteiger partial charge in [0.1, 0.15) is 13.1 Å². The fourth-order valence-electron chi connectivity index (χ4n) is 1.96. The average molecular weight is 273 g/mol. The number of amides is 3. The predicted octanol–water partition coefficient (Wildman–Crippen LogP) is -0.911. The Hall–Kier alpha value is -1.83. The minimum absolute atomic E-state index is 0.0331. The van der Waals surface area contributed by atoms with E-state index >= 15 is 0 Å². The van der Waals surface area contributed by atoms with E-state index in [1.165, 1.54) is 4.90 Å². The van der Waals surface area contributed by atoms with E-state index in [9.17, 15) is 14.4 Å². The van der Waals surface area contributed by atoms with Gasteiger partial charge >= 0.3 is 12.0 Å². The van der Waals surface area contributed by atoms with Crippen molar-refractivity contribution in [1.29, 1.82) is 0 Å². The number of urea groups is 1. The fraction of sp³-hybridized carbons (Fsp3) is 0.727. The molecule has 0 aliphatic carbocycles. The van der Waals surface area contributed by atoms with E-state index in [-0.39, 0.29) is 6.10 Å². The molecule has 19 heavy (non-hydrogen) atoms. The summed E-state index contributed by atoms with van der Waals surface area (Å²) >= 11 is 0. The highest BCUT2D eigenvalue weighted by Crippen LogP contribution is 2.13. The van der Waals surface area contributed by atoms with Crippen molar-refractivity contribution < 1.29 is 24.2 Å². The molecular weight excluding hydrogens is 254 g/mol. The van der Waals surface area contributed by atoms with Crippen molar-refractivity contribution in [2.45, 2.75) is 18.9 Å². The zero-order valence-electron chi connectivity index (χ0n) is 10.9. The van der Waals surface area contributed by atoms with Crippen molar-refractivity contribution in [3.63, 3.8) is 0 Å². The first-order valence-corrected chi connectivity index (χ1v) is 6.02. The van der Waals surface area contributed by atoms with Crippen LogP contribution < -0.4 is 5.73 Å². The van der Waals surface area contributed by atoms with Gasteiger partial charge in [0.05, 0.1) is 6.10 Å². The van der Waals surface area contributed by atoms with Crippen molar-refractivity contribution in [3.8, 4) is 0 Å². The van der Waals surface area contributed by atoms with Crippen LogP contribution in [0, 0.1) is 0 Å². The van der Waals surface area contributed by atoms with Crippen molar-refractivity contribution in [3.05, 3.63) is 0 Å². The Kier molecular flexibility index (Phi) is 5.56. The SMILES string of the molecule is CN(CC1CCCO1)C(=O)N(CC(N)=O)CC(=O)O. The van der Waals surface area contributed by atoms with Crippen LogP contribution in [0.3, 0.4) is 0 Å². The molecule has 1 aliphatic rings. The number of hydrogen-bond acceptors (Lipinski definition) is 4. The quantitative estimate of drug-likeness (QED) is 0.650. The van der Waals surface area contributed by atoms with Gasteiger partial charge in [0, 0.05) is 20.2 Å². The van der Waals surface area contributed by atoms with E-state index in [1.54, 1.807) is 7.05 Å². The molecular formula is C11H19N3O5. The number of carbonyl (C=O) groups is 3. The molecule has 108 valence electrons. The molecule has 0 radical (unpaired) electrons. The maximum atomic E-state index is 12.0. The van der Waals surface area contributed by atoms with E-state index in [2.05, 4.69) is 0 Å². The molecule has 0 spiro atoms. The van der Waals surface area contributed by atoms with Gasteiger partial charge in [-0.25, -0.2) is 4.79 Å². The fourth-order valence-corrected chi connectivity index (χ4v) is 1.96. The Balaban J connectivity index is 2.57. The van der Waals surface area contributed by atoms with Gasteiger partial charge in [0.15, 0.2) is 0 Å². The predicted molar refractivity (Wildman–Crippen MR) is 65.4 cm³/mol. The molecule has 0 bridgehead atoms. The first kappa shape index (κ1) is 15.2.